The molecule has 19 heavy (non-hydrogen) atoms. The Morgan fingerprint density at radius 1 is 1.37 bits per heavy atom. The molecule has 0 aromatic rings. The zero-order valence-corrected chi connectivity index (χ0v) is 11.6. The van der Waals surface area contributed by atoms with Crippen molar-refractivity contribution in [3.63, 3.8) is 0 Å². The van der Waals surface area contributed by atoms with E-state index in [1.165, 1.54) is 12.8 Å². The fraction of sp³-hybridized carbons (Fsp3) is 0.786. The zero-order chi connectivity index (χ0) is 13.5. The maximum Gasteiger partial charge on any atom is 0.236 e. The predicted octanol–water partition coefficient (Wildman–Crippen LogP) is 0.0852. The van der Waals surface area contributed by atoms with Gasteiger partial charge in [0.25, 0.3) is 0 Å². The fourth-order valence-corrected chi connectivity index (χ4v) is 2.65. The molecule has 108 valence electrons. The van der Waals surface area contributed by atoms with Crippen molar-refractivity contribution in [3.05, 3.63) is 12.7 Å². The van der Waals surface area contributed by atoms with Crippen LogP contribution in [-0.2, 0) is 9.53 Å². The summed E-state index contributed by atoms with van der Waals surface area (Å²) in [5, 5.41) is 3.06. The molecule has 2 rings (SSSR count). The summed E-state index contributed by atoms with van der Waals surface area (Å²) in [6.45, 7) is 10.3. The normalized spacial score (nSPS) is 24.6. The lowest BCUT2D eigenvalue weighted by molar-refractivity contribution is -0.132. The van der Waals surface area contributed by atoms with Gasteiger partial charge in [-0.1, -0.05) is 6.08 Å². The highest BCUT2D eigenvalue weighted by molar-refractivity contribution is 5.78. The lowest BCUT2D eigenvalue weighted by atomic mass is 10.2. The third-order valence-corrected chi connectivity index (χ3v) is 3.78. The molecule has 2 aliphatic heterocycles. The van der Waals surface area contributed by atoms with E-state index in [0.29, 0.717) is 19.2 Å². The molecular formula is C14H25N3O2. The quantitative estimate of drug-likeness (QED) is 0.547. The molecule has 2 fully saturated rings. The topological polar surface area (TPSA) is 44.8 Å². The van der Waals surface area contributed by atoms with Crippen molar-refractivity contribution in [1.82, 2.24) is 15.1 Å². The molecule has 0 spiro atoms. The van der Waals surface area contributed by atoms with Crippen LogP contribution in [0.15, 0.2) is 12.7 Å². The summed E-state index contributed by atoms with van der Waals surface area (Å²) >= 11 is 0. The molecule has 0 aliphatic carbocycles. The average molecular weight is 267 g/mol. The van der Waals surface area contributed by atoms with Crippen molar-refractivity contribution in [2.24, 2.45) is 0 Å². The first-order valence-electron chi connectivity index (χ1n) is 7.23. The van der Waals surface area contributed by atoms with Gasteiger partial charge in [-0.25, -0.2) is 0 Å². The number of nitrogens with zero attached hydrogens (tertiary/aromatic N) is 2. The average Bonchev–Trinajstić information content (AvgIpc) is 2.93. The highest BCUT2D eigenvalue weighted by Gasteiger charge is 2.24. The van der Waals surface area contributed by atoms with Crippen molar-refractivity contribution < 1.29 is 9.53 Å². The van der Waals surface area contributed by atoms with E-state index in [-0.39, 0.29) is 5.91 Å². The fourth-order valence-electron chi connectivity index (χ4n) is 2.65. The van der Waals surface area contributed by atoms with Crippen LogP contribution in [0.25, 0.3) is 0 Å². The Morgan fingerprint density at radius 3 is 2.79 bits per heavy atom. The van der Waals surface area contributed by atoms with Gasteiger partial charge in [0.05, 0.1) is 12.6 Å². The summed E-state index contributed by atoms with van der Waals surface area (Å²) in [5.41, 5.74) is 0. The Balaban J connectivity index is 1.63. The first-order chi connectivity index (χ1) is 9.29. The minimum atomic E-state index is 0.193. The molecule has 0 aromatic heterocycles. The van der Waals surface area contributed by atoms with Crippen molar-refractivity contribution in [2.75, 3.05) is 52.4 Å². The van der Waals surface area contributed by atoms with Crippen LogP contribution in [0.1, 0.15) is 12.8 Å². The number of carbonyl (C=O) groups excluding carboxylic acids is 1. The second kappa shape index (κ2) is 7.62. The third kappa shape index (κ3) is 4.60. The summed E-state index contributed by atoms with van der Waals surface area (Å²) < 4.78 is 5.65. The second-order valence-corrected chi connectivity index (χ2v) is 5.24. The molecule has 1 unspecified atom stereocenters. The summed E-state index contributed by atoms with van der Waals surface area (Å²) in [4.78, 5) is 16.3. The maximum absolute atomic E-state index is 11.9. The molecular weight excluding hydrogens is 242 g/mol. The highest BCUT2D eigenvalue weighted by atomic mass is 16.5. The van der Waals surface area contributed by atoms with E-state index in [4.69, 9.17) is 4.74 Å². The van der Waals surface area contributed by atoms with Gasteiger partial charge >= 0.3 is 0 Å². The van der Waals surface area contributed by atoms with E-state index >= 15 is 0 Å². The number of amides is 1. The molecule has 0 bridgehead atoms. The van der Waals surface area contributed by atoms with E-state index in [2.05, 4.69) is 16.8 Å². The van der Waals surface area contributed by atoms with Crippen molar-refractivity contribution in [3.8, 4) is 0 Å². The minimum Gasteiger partial charge on any atom is -0.377 e. The van der Waals surface area contributed by atoms with E-state index in [1.54, 1.807) is 6.08 Å². The standard InChI is InChI=1S/C14H25N3O2/c1-2-5-15-11-14(18)17-8-6-16(7-9-17)12-13-4-3-10-19-13/h2,13,15H,1,3-12H2. The summed E-state index contributed by atoms with van der Waals surface area (Å²) in [6.07, 6.45) is 4.56. The smallest absolute Gasteiger partial charge is 0.236 e. The number of ether oxygens (including phenoxy) is 1. The molecule has 1 N–H and O–H groups in total. The van der Waals surface area contributed by atoms with Crippen molar-refractivity contribution in [1.29, 1.82) is 0 Å². The van der Waals surface area contributed by atoms with E-state index < -0.39 is 0 Å². The highest BCUT2D eigenvalue weighted by Crippen LogP contribution is 2.14. The molecule has 5 nitrogen and oxygen atoms in total. The van der Waals surface area contributed by atoms with Gasteiger partial charge < -0.3 is 15.0 Å². The monoisotopic (exact) mass is 267 g/mol. The molecule has 5 heteroatoms. The van der Waals surface area contributed by atoms with Crippen molar-refractivity contribution >= 4 is 5.91 Å². The SMILES string of the molecule is C=CCNCC(=O)N1CCN(CC2CCCO2)CC1. The summed E-state index contributed by atoms with van der Waals surface area (Å²) in [6, 6.07) is 0. The third-order valence-electron chi connectivity index (χ3n) is 3.78. The van der Waals surface area contributed by atoms with Gasteiger partial charge in [-0.15, -0.1) is 6.58 Å². The molecule has 0 aromatic carbocycles. The van der Waals surface area contributed by atoms with E-state index in [1.807, 2.05) is 4.90 Å². The second-order valence-electron chi connectivity index (χ2n) is 5.24. The predicted molar refractivity (Wildman–Crippen MR) is 75.1 cm³/mol. The molecule has 1 atom stereocenters. The Hall–Kier alpha value is -0.910. The van der Waals surface area contributed by atoms with Crippen LogP contribution in [0, 0.1) is 0 Å². The number of piperazine rings is 1. The van der Waals surface area contributed by atoms with Crippen LogP contribution in [0.5, 0.6) is 0 Å². The lowest BCUT2D eigenvalue weighted by Crippen LogP contribution is -2.52. The van der Waals surface area contributed by atoms with Crippen LogP contribution in [0.2, 0.25) is 0 Å². The van der Waals surface area contributed by atoms with Gasteiger partial charge in [0.2, 0.25) is 5.91 Å². The number of carbonyl (C=O) groups is 1. The number of hydrogen-bond acceptors (Lipinski definition) is 4. The van der Waals surface area contributed by atoms with Crippen LogP contribution >= 0.6 is 0 Å². The van der Waals surface area contributed by atoms with Gasteiger partial charge in [-0.2, -0.15) is 0 Å². The molecule has 0 saturated carbocycles. The van der Waals surface area contributed by atoms with Crippen molar-refractivity contribution in [2.45, 2.75) is 18.9 Å². The Bertz CT molecular complexity index is 295. The van der Waals surface area contributed by atoms with E-state index in [0.717, 1.165) is 39.3 Å². The number of hydrogen-bond donors (Lipinski definition) is 1. The molecule has 2 heterocycles. The van der Waals surface area contributed by atoms with E-state index in [9.17, 15) is 4.79 Å². The van der Waals surface area contributed by atoms with Crippen LogP contribution in [0.3, 0.4) is 0 Å². The number of rotatable bonds is 6. The first kappa shape index (κ1) is 14.5. The molecule has 1 amide bonds. The molecule has 2 aliphatic rings. The lowest BCUT2D eigenvalue weighted by Gasteiger charge is -2.35. The van der Waals surface area contributed by atoms with Crippen LogP contribution < -0.4 is 5.32 Å². The number of nitrogens with one attached hydrogen (secondary N) is 1. The zero-order valence-electron chi connectivity index (χ0n) is 11.6. The molecule has 2 saturated heterocycles. The molecule has 0 radical (unpaired) electrons. The Kier molecular flexibility index (Phi) is 5.82. The van der Waals surface area contributed by atoms with Gasteiger partial charge in [-0.05, 0) is 12.8 Å². The van der Waals surface area contributed by atoms with Crippen LogP contribution in [-0.4, -0.2) is 74.2 Å². The van der Waals surface area contributed by atoms with Crippen LogP contribution in [0.4, 0.5) is 0 Å². The van der Waals surface area contributed by atoms with Gasteiger partial charge in [0, 0.05) is 45.9 Å². The first-order valence-corrected chi connectivity index (χ1v) is 7.23. The van der Waals surface area contributed by atoms with Gasteiger partial charge in [0.1, 0.15) is 0 Å². The Labute approximate surface area is 115 Å². The summed E-state index contributed by atoms with van der Waals surface area (Å²) in [7, 11) is 0. The maximum atomic E-state index is 11.9. The Morgan fingerprint density at radius 2 is 2.16 bits per heavy atom. The minimum absolute atomic E-state index is 0.193. The van der Waals surface area contributed by atoms with Gasteiger partial charge in [-0.3, -0.25) is 9.69 Å². The summed E-state index contributed by atoms with van der Waals surface area (Å²) in [5.74, 6) is 0.193. The van der Waals surface area contributed by atoms with Gasteiger partial charge in [0.15, 0.2) is 0 Å². The largest absolute Gasteiger partial charge is 0.377 e.